The number of hydrogen-bond donors (Lipinski definition) is 0. The summed E-state index contributed by atoms with van der Waals surface area (Å²) in [7, 11) is 0. The molecule has 1 aromatic heterocycles. The van der Waals surface area contributed by atoms with Crippen LogP contribution in [0.15, 0.2) is 34.9 Å². The van der Waals surface area contributed by atoms with Gasteiger partial charge in [0.15, 0.2) is 5.75 Å². The molecule has 3 heteroatoms. The highest BCUT2D eigenvalue weighted by Gasteiger charge is 2.10. The number of fused-ring (bicyclic) bond motifs is 1. The van der Waals surface area contributed by atoms with Crippen LogP contribution in [-0.2, 0) is 0 Å². The second kappa shape index (κ2) is 4.83. The summed E-state index contributed by atoms with van der Waals surface area (Å²) < 4.78 is 6.86. The van der Waals surface area contributed by atoms with Crippen LogP contribution in [0.5, 0.6) is 5.75 Å². The number of rotatable bonds is 3. The predicted molar refractivity (Wildman–Crippen MR) is 69.8 cm³/mol. The smallest absolute Gasteiger partial charge is 0.160 e. The van der Waals surface area contributed by atoms with Crippen LogP contribution in [0.4, 0.5) is 0 Å². The fourth-order valence-electron chi connectivity index (χ4n) is 1.49. The van der Waals surface area contributed by atoms with Gasteiger partial charge in [-0.1, -0.05) is 19.1 Å². The van der Waals surface area contributed by atoms with Crippen molar-refractivity contribution < 1.29 is 4.74 Å². The zero-order valence-electron chi connectivity index (χ0n) is 9.40. The van der Waals surface area contributed by atoms with E-state index in [-0.39, 0.29) is 6.10 Å². The minimum Gasteiger partial charge on any atom is -0.487 e. The van der Waals surface area contributed by atoms with Crippen molar-refractivity contribution in [3.63, 3.8) is 0 Å². The molecule has 0 aliphatic carbocycles. The van der Waals surface area contributed by atoms with Gasteiger partial charge in [-0.2, -0.15) is 0 Å². The molecule has 0 unspecified atom stereocenters. The minimum absolute atomic E-state index is 0.198. The van der Waals surface area contributed by atoms with Crippen molar-refractivity contribution >= 4 is 26.8 Å². The number of nitrogens with zero attached hydrogens (tertiary/aromatic N) is 1. The van der Waals surface area contributed by atoms with Crippen molar-refractivity contribution in [2.24, 2.45) is 0 Å². The van der Waals surface area contributed by atoms with Crippen LogP contribution < -0.4 is 4.74 Å². The topological polar surface area (TPSA) is 22.1 Å². The van der Waals surface area contributed by atoms with Crippen LogP contribution in [-0.4, -0.2) is 11.1 Å². The fourth-order valence-corrected chi connectivity index (χ4v) is 1.90. The molecule has 0 amide bonds. The standard InChI is InChI=1S/C13H14BrNO/c1-3-9(2)16-13-11(14)7-6-10-5-4-8-15-12(10)13/h4-9H,3H2,1-2H3/t9-/m0/s1. The molecule has 0 N–H and O–H groups in total. The molecule has 2 nitrogen and oxygen atoms in total. The lowest BCUT2D eigenvalue weighted by Crippen LogP contribution is -2.10. The molecule has 0 spiro atoms. The number of benzene rings is 1. The zero-order valence-corrected chi connectivity index (χ0v) is 11.0. The summed E-state index contributed by atoms with van der Waals surface area (Å²) in [6.45, 7) is 4.17. The Morgan fingerprint density at radius 1 is 1.38 bits per heavy atom. The Morgan fingerprint density at radius 2 is 2.19 bits per heavy atom. The summed E-state index contributed by atoms with van der Waals surface area (Å²) in [5.41, 5.74) is 0.914. The Kier molecular flexibility index (Phi) is 3.44. The lowest BCUT2D eigenvalue weighted by atomic mass is 10.2. The number of aromatic nitrogens is 1. The van der Waals surface area contributed by atoms with Crippen molar-refractivity contribution in [2.75, 3.05) is 0 Å². The quantitative estimate of drug-likeness (QED) is 0.841. The third kappa shape index (κ3) is 2.19. The van der Waals surface area contributed by atoms with Gasteiger partial charge in [-0.15, -0.1) is 0 Å². The Balaban J connectivity index is 2.52. The van der Waals surface area contributed by atoms with E-state index in [4.69, 9.17) is 4.74 Å². The van der Waals surface area contributed by atoms with Gasteiger partial charge in [0.2, 0.25) is 0 Å². The molecule has 84 valence electrons. The molecule has 0 radical (unpaired) electrons. The largest absolute Gasteiger partial charge is 0.487 e. The predicted octanol–water partition coefficient (Wildman–Crippen LogP) is 4.17. The average molecular weight is 280 g/mol. The van der Waals surface area contributed by atoms with E-state index in [9.17, 15) is 0 Å². The summed E-state index contributed by atoms with van der Waals surface area (Å²) in [5.74, 6) is 0.840. The van der Waals surface area contributed by atoms with Crippen LogP contribution in [0.2, 0.25) is 0 Å². The van der Waals surface area contributed by atoms with Crippen molar-refractivity contribution in [3.05, 3.63) is 34.9 Å². The van der Waals surface area contributed by atoms with E-state index in [2.05, 4.69) is 34.8 Å². The molecule has 0 aliphatic rings. The van der Waals surface area contributed by atoms with Crippen LogP contribution in [0.25, 0.3) is 10.9 Å². The number of hydrogen-bond acceptors (Lipinski definition) is 2. The van der Waals surface area contributed by atoms with E-state index >= 15 is 0 Å². The summed E-state index contributed by atoms with van der Waals surface area (Å²) in [6, 6.07) is 8.01. The minimum atomic E-state index is 0.198. The van der Waals surface area contributed by atoms with E-state index < -0.39 is 0 Å². The first-order chi connectivity index (χ1) is 7.72. The maximum Gasteiger partial charge on any atom is 0.160 e. The second-order valence-electron chi connectivity index (χ2n) is 3.79. The third-order valence-corrected chi connectivity index (χ3v) is 3.20. The molecule has 1 heterocycles. The highest BCUT2D eigenvalue weighted by Crippen LogP contribution is 2.33. The van der Waals surface area contributed by atoms with Gasteiger partial charge in [-0.3, -0.25) is 4.98 Å². The van der Waals surface area contributed by atoms with Crippen LogP contribution in [0.1, 0.15) is 20.3 Å². The second-order valence-corrected chi connectivity index (χ2v) is 4.64. The Bertz CT molecular complexity index is 498. The zero-order chi connectivity index (χ0) is 11.5. The normalized spacial score (nSPS) is 12.7. The first kappa shape index (κ1) is 11.4. The molecule has 16 heavy (non-hydrogen) atoms. The molecular weight excluding hydrogens is 266 g/mol. The Hall–Kier alpha value is -1.09. The molecular formula is C13H14BrNO. The van der Waals surface area contributed by atoms with Gasteiger partial charge in [-0.25, -0.2) is 0 Å². The van der Waals surface area contributed by atoms with Crippen molar-refractivity contribution in [1.29, 1.82) is 0 Å². The highest BCUT2D eigenvalue weighted by atomic mass is 79.9. The lowest BCUT2D eigenvalue weighted by Gasteiger charge is -2.15. The maximum atomic E-state index is 5.90. The van der Waals surface area contributed by atoms with Gasteiger partial charge in [0.25, 0.3) is 0 Å². The van der Waals surface area contributed by atoms with Gasteiger partial charge in [0.05, 0.1) is 10.6 Å². The van der Waals surface area contributed by atoms with Crippen LogP contribution in [0, 0.1) is 0 Å². The first-order valence-corrected chi connectivity index (χ1v) is 6.21. The van der Waals surface area contributed by atoms with E-state index in [1.807, 2.05) is 24.3 Å². The van der Waals surface area contributed by atoms with E-state index in [0.29, 0.717) is 0 Å². The molecule has 0 fully saturated rings. The molecule has 2 aromatic rings. The monoisotopic (exact) mass is 279 g/mol. The fraction of sp³-hybridized carbons (Fsp3) is 0.308. The van der Waals surface area contributed by atoms with Crippen molar-refractivity contribution in [1.82, 2.24) is 4.98 Å². The van der Waals surface area contributed by atoms with Crippen LogP contribution in [0.3, 0.4) is 0 Å². The van der Waals surface area contributed by atoms with Crippen molar-refractivity contribution in [3.8, 4) is 5.75 Å². The van der Waals surface area contributed by atoms with Crippen molar-refractivity contribution in [2.45, 2.75) is 26.4 Å². The van der Waals surface area contributed by atoms with Gasteiger partial charge in [-0.05, 0) is 41.4 Å². The van der Waals surface area contributed by atoms with Gasteiger partial charge in [0, 0.05) is 11.6 Å². The summed E-state index contributed by atoms with van der Waals surface area (Å²) in [4.78, 5) is 4.37. The Morgan fingerprint density at radius 3 is 2.94 bits per heavy atom. The molecule has 1 atom stereocenters. The number of halogens is 1. The SMILES string of the molecule is CC[C@H](C)Oc1c(Br)ccc2cccnc12. The maximum absolute atomic E-state index is 5.90. The summed E-state index contributed by atoms with van der Waals surface area (Å²) in [6.07, 6.45) is 2.97. The highest BCUT2D eigenvalue weighted by molar-refractivity contribution is 9.10. The molecule has 0 saturated heterocycles. The van der Waals surface area contributed by atoms with Gasteiger partial charge in [0.1, 0.15) is 5.52 Å². The van der Waals surface area contributed by atoms with Gasteiger partial charge < -0.3 is 4.74 Å². The lowest BCUT2D eigenvalue weighted by molar-refractivity contribution is 0.218. The summed E-state index contributed by atoms with van der Waals surface area (Å²) in [5, 5.41) is 1.10. The first-order valence-electron chi connectivity index (χ1n) is 5.42. The molecule has 0 bridgehead atoms. The molecule has 0 saturated carbocycles. The number of ether oxygens (including phenoxy) is 1. The van der Waals surface area contributed by atoms with E-state index in [1.54, 1.807) is 6.20 Å². The molecule has 1 aromatic carbocycles. The van der Waals surface area contributed by atoms with E-state index in [0.717, 1.165) is 27.5 Å². The van der Waals surface area contributed by atoms with Gasteiger partial charge >= 0.3 is 0 Å². The molecule has 0 aliphatic heterocycles. The average Bonchev–Trinajstić information content (AvgIpc) is 2.32. The third-order valence-electron chi connectivity index (χ3n) is 2.57. The molecule has 2 rings (SSSR count). The van der Waals surface area contributed by atoms with Crippen LogP contribution >= 0.6 is 15.9 Å². The van der Waals surface area contributed by atoms with E-state index in [1.165, 1.54) is 0 Å². The Labute approximate surface area is 104 Å². The number of pyridine rings is 1. The summed E-state index contributed by atoms with van der Waals surface area (Å²) >= 11 is 3.51.